The monoisotopic (exact) mass is 472 g/mol. The van der Waals surface area contributed by atoms with E-state index in [0.717, 1.165) is 0 Å². The normalized spacial score (nSPS) is 5.33. The van der Waals surface area contributed by atoms with Gasteiger partial charge >= 0.3 is 45.6 Å². The molecule has 0 amide bonds. The maximum atomic E-state index is 8.52. The molecule has 12 nitrogen and oxygen atoms in total. The molecule has 0 atom stereocenters. The van der Waals surface area contributed by atoms with Gasteiger partial charge in [-0.2, -0.15) is 0 Å². The van der Waals surface area contributed by atoms with E-state index in [-0.39, 0.29) is 45.6 Å². The van der Waals surface area contributed by atoms with E-state index < -0.39 is 36.7 Å². The van der Waals surface area contributed by atoms with Gasteiger partial charge in [0, 0.05) is 36.7 Å². The van der Waals surface area contributed by atoms with Crippen molar-refractivity contribution in [3.05, 3.63) is 0 Å². The summed E-state index contributed by atoms with van der Waals surface area (Å²) in [5, 5.41) is 0. The van der Waals surface area contributed by atoms with Crippen LogP contribution in [-0.2, 0) is 39.6 Å². The molecule has 0 aliphatic rings. The third-order valence-corrected chi connectivity index (χ3v) is 0. The third kappa shape index (κ3) is 9450000. The van der Waals surface area contributed by atoms with Gasteiger partial charge in [0.25, 0.3) is 0 Å². The molecule has 0 saturated carbocycles. The minimum absolute atomic E-state index is 0. The Kier molecular flexibility index (Phi) is 60.6. The van der Waals surface area contributed by atoms with Crippen LogP contribution in [0.15, 0.2) is 0 Å². The molecule has 0 saturated heterocycles. The summed E-state index contributed by atoms with van der Waals surface area (Å²) >= 11 is 0. The summed E-state index contributed by atoms with van der Waals surface area (Å²) in [5.41, 5.74) is 0. The fourth-order valence-electron chi connectivity index (χ4n) is 0. The van der Waals surface area contributed by atoms with Crippen molar-refractivity contribution in [3.63, 3.8) is 0 Å². The van der Waals surface area contributed by atoms with Gasteiger partial charge in [-0.3, -0.25) is 0 Å². The zero-order valence-electron chi connectivity index (χ0n) is 7.90. The molecule has 0 aromatic heterocycles. The van der Waals surface area contributed by atoms with Gasteiger partial charge < -0.3 is 56.2 Å². The topological polar surface area (TPSA) is 253 Å². The number of rotatable bonds is 0. The average molecular weight is 471 g/mol. The Morgan fingerprint density at radius 1 is 0.444 bits per heavy atom. The molecule has 0 spiro atoms. The van der Waals surface area contributed by atoms with Crippen LogP contribution in [0, 0.1) is 0 Å². The average Bonchev–Trinajstić information content (AvgIpc) is 1.76. The van der Waals surface area contributed by atoms with E-state index in [0.29, 0.717) is 0 Å². The van der Waals surface area contributed by atoms with Crippen molar-refractivity contribution in [3.8, 4) is 0 Å². The molecule has 0 heterocycles. The van der Waals surface area contributed by atoms with E-state index in [9.17, 15) is 0 Å². The van der Waals surface area contributed by atoms with Gasteiger partial charge in [-0.1, -0.05) is 0 Å². The van der Waals surface area contributed by atoms with Gasteiger partial charge in [0.2, 0.25) is 0 Å². The summed E-state index contributed by atoms with van der Waals surface area (Å²) < 4.78 is 34.1. The van der Waals surface area contributed by atoms with Crippen molar-refractivity contribution in [2.75, 3.05) is 0 Å². The van der Waals surface area contributed by atoms with E-state index in [1.807, 2.05) is 0 Å². The first-order valence-corrected chi connectivity index (χ1v) is 7.35. The van der Waals surface area contributed by atoms with Crippen LogP contribution in [0.1, 0.15) is 0 Å². The van der Waals surface area contributed by atoms with Gasteiger partial charge in [-0.25, -0.2) is 0 Å². The van der Waals surface area contributed by atoms with Crippen LogP contribution in [-0.4, -0.2) is 60.6 Å². The quantitative estimate of drug-likeness (QED) is 0.299. The van der Waals surface area contributed by atoms with E-state index in [2.05, 4.69) is 0 Å². The van der Waals surface area contributed by atoms with Crippen molar-refractivity contribution >= 4 is 60.6 Å². The SMILES string of the molecule is O=[Si]([O-])[O-].O=[Si]([O-])[O-].O=[Si]([O-])[O-].O=[Si]([O-])[O-].[Sn+4].[Ti+4]. The van der Waals surface area contributed by atoms with Crippen molar-refractivity contribution in [1.82, 2.24) is 0 Å². The van der Waals surface area contributed by atoms with Crippen LogP contribution in [0.2, 0.25) is 0 Å². The number of hydrogen-bond donors (Lipinski definition) is 0. The Balaban J connectivity index is -0.0000000257. The Bertz CT molecular complexity index is 164. The predicted octanol–water partition coefficient (Wildman–Crippen LogP) is -11.9. The Labute approximate surface area is 138 Å². The molecular weight excluding hydrogens is 471 g/mol. The first kappa shape index (κ1) is 36.1. The molecule has 0 radical (unpaired) electrons. The van der Waals surface area contributed by atoms with E-state index in [1.54, 1.807) is 0 Å². The second-order valence-electron chi connectivity index (χ2n) is 1.00. The fraction of sp³-hybridized carbons (Fsp3) is 0. The van der Waals surface area contributed by atoms with Crippen molar-refractivity contribution in [1.29, 1.82) is 0 Å². The van der Waals surface area contributed by atoms with Crippen LogP contribution in [0.4, 0.5) is 0 Å². The summed E-state index contributed by atoms with van der Waals surface area (Å²) in [4.78, 5) is 68.1. The molecule has 96 valence electrons. The predicted molar refractivity (Wildman–Crippen MR) is 31.5 cm³/mol. The zero-order chi connectivity index (χ0) is 14.3. The van der Waals surface area contributed by atoms with Gasteiger partial charge in [0.15, 0.2) is 0 Å². The molecular formula is O12Si4SnTi. The summed E-state index contributed by atoms with van der Waals surface area (Å²) in [6.45, 7) is 0. The smallest absolute Gasteiger partial charge is 0.672 e. The molecule has 0 rings (SSSR count). The minimum Gasteiger partial charge on any atom is -0.672 e. The standard InChI is InChI=1S/4O3Si.Sn.Ti/c4*1-4(2)3;;/q4*-2;2*+4. The first-order valence-electron chi connectivity index (χ1n) is 2.45. The van der Waals surface area contributed by atoms with Crippen LogP contribution >= 0.6 is 0 Å². The minimum atomic E-state index is -3.63. The molecule has 0 aliphatic heterocycles. The Morgan fingerprint density at radius 2 is 0.444 bits per heavy atom. The van der Waals surface area contributed by atoms with Crippen LogP contribution in [0.25, 0.3) is 0 Å². The molecule has 0 aromatic carbocycles. The summed E-state index contributed by atoms with van der Waals surface area (Å²) in [5.74, 6) is 0. The summed E-state index contributed by atoms with van der Waals surface area (Å²) in [6.07, 6.45) is 0. The molecule has 0 aliphatic carbocycles. The van der Waals surface area contributed by atoms with Crippen LogP contribution in [0.3, 0.4) is 0 Å². The summed E-state index contributed by atoms with van der Waals surface area (Å²) in [6, 6.07) is 0. The maximum absolute atomic E-state index is 8.52. The van der Waals surface area contributed by atoms with Crippen molar-refractivity contribution in [2.24, 2.45) is 0 Å². The van der Waals surface area contributed by atoms with Gasteiger partial charge in [0.1, 0.15) is 0 Å². The Morgan fingerprint density at radius 3 is 0.444 bits per heavy atom. The second-order valence-corrected chi connectivity index (χ2v) is 3.00. The maximum Gasteiger partial charge on any atom is 4.00 e. The molecule has 18 heavy (non-hydrogen) atoms. The Hall–Kier alpha value is -0.0195. The molecule has 0 aromatic rings. The number of hydrogen-bond acceptors (Lipinski definition) is 12. The second kappa shape index (κ2) is 30.2. The molecule has 0 fully saturated rings. The van der Waals surface area contributed by atoms with Crippen molar-refractivity contribution < 1.29 is 77.9 Å². The van der Waals surface area contributed by atoms with Crippen LogP contribution in [0.5, 0.6) is 0 Å². The van der Waals surface area contributed by atoms with Gasteiger partial charge in [-0.05, 0) is 0 Å². The third-order valence-electron chi connectivity index (χ3n) is 0. The molecule has 18 heteroatoms. The zero-order valence-corrected chi connectivity index (χ0v) is 16.3. The van der Waals surface area contributed by atoms with E-state index in [1.165, 1.54) is 0 Å². The molecule has 0 unspecified atom stereocenters. The van der Waals surface area contributed by atoms with E-state index in [4.69, 9.17) is 56.2 Å². The largest absolute Gasteiger partial charge is 4.00 e. The first-order chi connectivity index (χ1) is 6.93. The van der Waals surface area contributed by atoms with Gasteiger partial charge in [-0.15, -0.1) is 0 Å². The van der Waals surface area contributed by atoms with E-state index >= 15 is 0 Å². The van der Waals surface area contributed by atoms with Crippen LogP contribution < -0.4 is 38.4 Å². The fourth-order valence-corrected chi connectivity index (χ4v) is 0. The molecule has 0 N–H and O–H groups in total. The molecule has 0 bridgehead atoms. The van der Waals surface area contributed by atoms with Crippen molar-refractivity contribution in [2.45, 2.75) is 0 Å². The summed E-state index contributed by atoms with van der Waals surface area (Å²) in [7, 11) is -14.5. The van der Waals surface area contributed by atoms with Gasteiger partial charge in [0.05, 0.1) is 0 Å².